The third-order valence-corrected chi connectivity index (χ3v) is 3.50. The number of carbonyl (C=O) groups excluding carboxylic acids is 2. The molecule has 1 amide bonds. The topological polar surface area (TPSA) is 81.4 Å². The number of ether oxygens (including phenoxy) is 1. The molecular weight excluding hydrogens is 304 g/mol. The third kappa shape index (κ3) is 4.84. The molecule has 2 aromatic rings. The third-order valence-electron chi connectivity index (χ3n) is 3.50. The largest absolute Gasteiger partial charge is 0.482 e. The summed E-state index contributed by atoms with van der Waals surface area (Å²) in [6.45, 7) is 3.78. The van der Waals surface area contributed by atoms with Gasteiger partial charge in [0.05, 0.1) is 5.69 Å². The number of nitrogens with one attached hydrogen (secondary N) is 1. The lowest BCUT2D eigenvalue weighted by atomic mass is 10.1. The van der Waals surface area contributed by atoms with Crippen molar-refractivity contribution < 1.29 is 14.3 Å². The molecular formula is C19H22N2O3. The zero-order chi connectivity index (χ0) is 17.5. The Morgan fingerprint density at radius 2 is 1.83 bits per heavy atom. The van der Waals surface area contributed by atoms with Crippen LogP contribution in [-0.4, -0.2) is 18.3 Å². The Kier molecular flexibility index (Phi) is 5.95. The lowest BCUT2D eigenvalue weighted by Crippen LogP contribution is -2.20. The number of nitrogen functional groups attached to an aromatic ring is 1. The van der Waals surface area contributed by atoms with Gasteiger partial charge in [0, 0.05) is 17.7 Å². The van der Waals surface area contributed by atoms with E-state index >= 15 is 0 Å². The quantitative estimate of drug-likeness (QED) is 0.602. The van der Waals surface area contributed by atoms with Crippen molar-refractivity contribution in [1.29, 1.82) is 0 Å². The number of hydrogen-bond donors (Lipinski definition) is 2. The molecule has 0 unspecified atom stereocenters. The first-order valence-corrected chi connectivity index (χ1v) is 7.91. The second kappa shape index (κ2) is 8.15. The summed E-state index contributed by atoms with van der Waals surface area (Å²) in [4.78, 5) is 23.8. The first-order valence-electron chi connectivity index (χ1n) is 7.91. The average Bonchev–Trinajstić information content (AvgIpc) is 2.56. The van der Waals surface area contributed by atoms with Crippen LogP contribution in [0.4, 0.5) is 11.4 Å². The van der Waals surface area contributed by atoms with E-state index in [0.717, 1.165) is 12.0 Å². The summed E-state index contributed by atoms with van der Waals surface area (Å²) in [5.41, 5.74) is 8.64. The minimum absolute atomic E-state index is 0.0489. The standard InChI is InChI=1S/C19H22N2O3/c1-3-4-17(22)14-7-10-18(16(20)11-14)24-12-19(23)21-15-8-5-13(2)6-9-15/h5-11H,3-4,12,20H2,1-2H3,(H,21,23). The molecule has 0 aliphatic rings. The molecule has 0 bridgehead atoms. The Morgan fingerprint density at radius 3 is 2.46 bits per heavy atom. The van der Waals surface area contributed by atoms with Crippen molar-refractivity contribution in [2.45, 2.75) is 26.7 Å². The molecule has 0 aliphatic carbocycles. The number of anilines is 2. The Morgan fingerprint density at radius 1 is 1.12 bits per heavy atom. The molecule has 0 aliphatic heterocycles. The molecule has 126 valence electrons. The lowest BCUT2D eigenvalue weighted by Gasteiger charge is -2.10. The monoisotopic (exact) mass is 326 g/mol. The maximum Gasteiger partial charge on any atom is 0.262 e. The van der Waals surface area contributed by atoms with Crippen molar-refractivity contribution in [1.82, 2.24) is 0 Å². The van der Waals surface area contributed by atoms with Gasteiger partial charge in [-0.05, 0) is 43.7 Å². The number of Topliss-reactive ketones (excluding diaryl/α,β-unsaturated/α-hetero) is 1. The highest BCUT2D eigenvalue weighted by molar-refractivity contribution is 5.97. The molecule has 0 spiro atoms. The Balaban J connectivity index is 1.92. The summed E-state index contributed by atoms with van der Waals surface area (Å²) in [5, 5.41) is 2.75. The molecule has 0 atom stereocenters. The van der Waals surface area contributed by atoms with Crippen molar-refractivity contribution in [3.8, 4) is 5.75 Å². The van der Waals surface area contributed by atoms with E-state index in [9.17, 15) is 9.59 Å². The molecule has 0 aromatic heterocycles. The van der Waals surface area contributed by atoms with Crippen LogP contribution in [0.3, 0.4) is 0 Å². The summed E-state index contributed by atoms with van der Waals surface area (Å²) in [6, 6.07) is 12.4. The summed E-state index contributed by atoms with van der Waals surface area (Å²) in [5.74, 6) is 0.166. The summed E-state index contributed by atoms with van der Waals surface area (Å²) < 4.78 is 5.44. The van der Waals surface area contributed by atoms with Crippen LogP contribution in [0.15, 0.2) is 42.5 Å². The van der Waals surface area contributed by atoms with Crippen molar-refractivity contribution in [3.63, 3.8) is 0 Å². The first-order chi connectivity index (χ1) is 11.5. The highest BCUT2D eigenvalue weighted by Gasteiger charge is 2.10. The molecule has 0 radical (unpaired) electrons. The van der Waals surface area contributed by atoms with E-state index in [1.165, 1.54) is 0 Å². The molecule has 5 heteroatoms. The Hall–Kier alpha value is -2.82. The number of carbonyl (C=O) groups is 2. The van der Waals surface area contributed by atoms with Gasteiger partial charge in [-0.1, -0.05) is 24.6 Å². The fourth-order valence-electron chi connectivity index (χ4n) is 2.20. The van der Waals surface area contributed by atoms with Crippen molar-refractivity contribution >= 4 is 23.1 Å². The number of amides is 1. The van der Waals surface area contributed by atoms with Gasteiger partial charge in [0.1, 0.15) is 5.75 Å². The number of rotatable bonds is 7. The van der Waals surface area contributed by atoms with Crippen LogP contribution in [0.2, 0.25) is 0 Å². The van der Waals surface area contributed by atoms with Gasteiger partial charge in [0.15, 0.2) is 12.4 Å². The van der Waals surface area contributed by atoms with Crippen LogP contribution < -0.4 is 15.8 Å². The van der Waals surface area contributed by atoms with Gasteiger partial charge in [-0.2, -0.15) is 0 Å². The van der Waals surface area contributed by atoms with Crippen molar-refractivity contribution in [3.05, 3.63) is 53.6 Å². The zero-order valence-electron chi connectivity index (χ0n) is 14.0. The van der Waals surface area contributed by atoms with E-state index in [0.29, 0.717) is 29.1 Å². The number of aryl methyl sites for hydroxylation is 1. The van der Waals surface area contributed by atoms with E-state index in [4.69, 9.17) is 10.5 Å². The molecule has 0 saturated carbocycles. The molecule has 2 rings (SSSR count). The average molecular weight is 326 g/mol. The molecule has 0 fully saturated rings. The van der Waals surface area contributed by atoms with Gasteiger partial charge in [-0.25, -0.2) is 0 Å². The Bertz CT molecular complexity index is 724. The number of hydrogen-bond acceptors (Lipinski definition) is 4. The summed E-state index contributed by atoms with van der Waals surface area (Å²) >= 11 is 0. The van der Waals surface area contributed by atoms with Crippen LogP contribution in [0.25, 0.3) is 0 Å². The van der Waals surface area contributed by atoms with Gasteiger partial charge in [0.25, 0.3) is 5.91 Å². The molecule has 2 aromatic carbocycles. The molecule has 0 heterocycles. The van der Waals surface area contributed by atoms with Crippen LogP contribution in [0.1, 0.15) is 35.7 Å². The first kappa shape index (κ1) is 17.5. The second-order valence-corrected chi connectivity index (χ2v) is 5.63. The summed E-state index contributed by atoms with van der Waals surface area (Å²) in [6.07, 6.45) is 1.27. The van der Waals surface area contributed by atoms with Crippen LogP contribution in [0.5, 0.6) is 5.75 Å². The number of nitrogens with two attached hydrogens (primary N) is 1. The molecule has 24 heavy (non-hydrogen) atoms. The summed E-state index contributed by atoms with van der Waals surface area (Å²) in [7, 11) is 0. The van der Waals surface area contributed by atoms with E-state index in [2.05, 4.69) is 5.32 Å². The second-order valence-electron chi connectivity index (χ2n) is 5.63. The molecule has 0 saturated heterocycles. The van der Waals surface area contributed by atoms with Gasteiger partial charge in [-0.15, -0.1) is 0 Å². The van der Waals surface area contributed by atoms with Crippen molar-refractivity contribution in [2.24, 2.45) is 0 Å². The van der Waals surface area contributed by atoms with Crippen LogP contribution >= 0.6 is 0 Å². The fraction of sp³-hybridized carbons (Fsp3) is 0.263. The maximum atomic E-state index is 11.9. The van der Waals surface area contributed by atoms with E-state index in [-0.39, 0.29) is 18.3 Å². The van der Waals surface area contributed by atoms with Gasteiger partial charge in [-0.3, -0.25) is 9.59 Å². The van der Waals surface area contributed by atoms with Gasteiger partial charge < -0.3 is 15.8 Å². The molecule has 5 nitrogen and oxygen atoms in total. The number of ketones is 1. The maximum absolute atomic E-state index is 11.9. The Labute approximate surface area is 141 Å². The van der Waals surface area contributed by atoms with Gasteiger partial charge >= 0.3 is 0 Å². The highest BCUT2D eigenvalue weighted by atomic mass is 16.5. The van der Waals surface area contributed by atoms with Crippen molar-refractivity contribution in [2.75, 3.05) is 17.7 Å². The smallest absolute Gasteiger partial charge is 0.262 e. The predicted molar refractivity (Wildman–Crippen MR) is 95.4 cm³/mol. The van der Waals surface area contributed by atoms with Crippen LogP contribution in [0, 0.1) is 6.92 Å². The number of benzene rings is 2. The van der Waals surface area contributed by atoms with E-state index in [1.807, 2.05) is 38.1 Å². The fourth-order valence-corrected chi connectivity index (χ4v) is 2.20. The van der Waals surface area contributed by atoms with E-state index < -0.39 is 0 Å². The minimum Gasteiger partial charge on any atom is -0.482 e. The van der Waals surface area contributed by atoms with E-state index in [1.54, 1.807) is 18.2 Å². The minimum atomic E-state index is -0.274. The SMILES string of the molecule is CCCC(=O)c1ccc(OCC(=O)Nc2ccc(C)cc2)c(N)c1. The zero-order valence-corrected chi connectivity index (χ0v) is 14.0. The van der Waals surface area contributed by atoms with Crippen LogP contribution in [-0.2, 0) is 4.79 Å². The predicted octanol–water partition coefficient (Wildman–Crippen LogP) is 3.58. The lowest BCUT2D eigenvalue weighted by molar-refractivity contribution is -0.118. The highest BCUT2D eigenvalue weighted by Crippen LogP contribution is 2.23. The normalized spacial score (nSPS) is 10.2. The van der Waals surface area contributed by atoms with Gasteiger partial charge in [0.2, 0.25) is 0 Å². The molecule has 3 N–H and O–H groups in total.